The number of aryl methyl sites for hydroxylation is 1. The number of anilines is 1. The summed E-state index contributed by atoms with van der Waals surface area (Å²) in [5, 5.41) is 5.77. The highest BCUT2D eigenvalue weighted by Gasteiger charge is 2.26. The number of hydrogen-bond acceptors (Lipinski definition) is 4. The van der Waals surface area contributed by atoms with Gasteiger partial charge in [0.25, 0.3) is 0 Å². The van der Waals surface area contributed by atoms with Crippen LogP contribution in [0.15, 0.2) is 48.5 Å². The highest BCUT2D eigenvalue weighted by atomic mass is 35.5. The van der Waals surface area contributed by atoms with Crippen LogP contribution in [0.5, 0.6) is 0 Å². The second-order valence-electron chi connectivity index (χ2n) is 9.85. The summed E-state index contributed by atoms with van der Waals surface area (Å²) in [4.78, 5) is 7.40. The average molecular weight is 498 g/mol. The Morgan fingerprint density at radius 2 is 1.69 bits per heavy atom. The first kappa shape index (κ1) is 25.7. The largest absolute Gasteiger partial charge is 0.354 e. The number of piperazine rings is 1. The fourth-order valence-electron chi connectivity index (χ4n) is 4.89. The molecule has 5 nitrogen and oxygen atoms in total. The molecule has 0 N–H and O–H groups in total. The topological polar surface area (TPSA) is 27.5 Å². The van der Waals surface area contributed by atoms with E-state index >= 15 is 0 Å². The highest BCUT2D eigenvalue weighted by Crippen LogP contribution is 2.31. The van der Waals surface area contributed by atoms with Gasteiger partial charge in [0.15, 0.2) is 0 Å². The van der Waals surface area contributed by atoms with Crippen LogP contribution in [0, 0.1) is 18.7 Å². The van der Waals surface area contributed by atoms with Crippen molar-refractivity contribution in [2.75, 3.05) is 44.2 Å². The summed E-state index contributed by atoms with van der Waals surface area (Å²) in [5.41, 5.74) is 4.26. The third-order valence-corrected chi connectivity index (χ3v) is 7.07. The van der Waals surface area contributed by atoms with E-state index in [-0.39, 0.29) is 5.82 Å². The summed E-state index contributed by atoms with van der Waals surface area (Å²) in [7, 11) is 0. The lowest BCUT2D eigenvalue weighted by atomic mass is 10.1. The molecule has 0 saturated carbocycles. The molecule has 3 aromatic rings. The van der Waals surface area contributed by atoms with Gasteiger partial charge in [-0.05, 0) is 55.3 Å². The first-order chi connectivity index (χ1) is 16.9. The maximum atomic E-state index is 13.7. The molecule has 35 heavy (non-hydrogen) atoms. The van der Waals surface area contributed by atoms with Crippen molar-refractivity contribution < 1.29 is 4.39 Å². The monoisotopic (exact) mass is 497 g/mol. The summed E-state index contributed by atoms with van der Waals surface area (Å²) in [5.74, 6) is 1.40. The van der Waals surface area contributed by atoms with Gasteiger partial charge in [0.2, 0.25) is 0 Å². The van der Waals surface area contributed by atoms with Crippen molar-refractivity contribution in [1.82, 2.24) is 19.6 Å². The van der Waals surface area contributed by atoms with Crippen molar-refractivity contribution in [1.29, 1.82) is 0 Å². The molecule has 0 radical (unpaired) electrons. The molecule has 7 heteroatoms. The fraction of sp³-hybridized carbons (Fsp3) is 0.464. The standard InChI is InChI=1S/C28H37ClFN5/c1-5-32-14-16-34(17-15-32)28-26(22(4)31-35(28)25-12-10-24(30)11-13-25)20-33(18-21(2)3)19-23-8-6-7-9-27(23)29/h6-13,21H,5,14-20H2,1-4H3. The van der Waals surface area contributed by atoms with Crippen LogP contribution in [0.2, 0.25) is 5.02 Å². The van der Waals surface area contributed by atoms with E-state index in [4.69, 9.17) is 16.7 Å². The van der Waals surface area contributed by atoms with Gasteiger partial charge in [-0.15, -0.1) is 0 Å². The van der Waals surface area contributed by atoms with Crippen LogP contribution in [-0.2, 0) is 13.1 Å². The molecule has 2 heterocycles. The summed E-state index contributed by atoms with van der Waals surface area (Å²) in [6.07, 6.45) is 0. The van der Waals surface area contributed by atoms with Crippen LogP contribution in [-0.4, -0.2) is 58.8 Å². The Hall–Kier alpha value is -2.41. The van der Waals surface area contributed by atoms with Crippen molar-refractivity contribution in [3.63, 3.8) is 0 Å². The second-order valence-corrected chi connectivity index (χ2v) is 10.3. The molecular formula is C28H37ClFN5. The first-order valence-corrected chi connectivity index (χ1v) is 13.0. The summed E-state index contributed by atoms with van der Waals surface area (Å²) in [6.45, 7) is 16.3. The SMILES string of the molecule is CCN1CCN(c2c(CN(Cc3ccccc3Cl)CC(C)C)c(C)nn2-c2ccc(F)cc2)CC1. The Bertz CT molecular complexity index is 1100. The maximum absolute atomic E-state index is 13.7. The number of halogens is 2. The summed E-state index contributed by atoms with van der Waals surface area (Å²) in [6, 6.07) is 14.7. The van der Waals surface area contributed by atoms with E-state index < -0.39 is 0 Å². The van der Waals surface area contributed by atoms with Gasteiger partial charge in [0, 0.05) is 56.4 Å². The Kier molecular flexibility index (Phi) is 8.47. The van der Waals surface area contributed by atoms with Gasteiger partial charge in [-0.2, -0.15) is 5.10 Å². The molecule has 1 saturated heterocycles. The van der Waals surface area contributed by atoms with Crippen LogP contribution < -0.4 is 4.90 Å². The van der Waals surface area contributed by atoms with E-state index in [1.165, 1.54) is 17.7 Å². The number of benzene rings is 2. The summed E-state index contributed by atoms with van der Waals surface area (Å²) < 4.78 is 15.7. The van der Waals surface area contributed by atoms with E-state index in [9.17, 15) is 4.39 Å². The third-order valence-electron chi connectivity index (χ3n) is 6.70. The lowest BCUT2D eigenvalue weighted by Gasteiger charge is -2.36. The molecule has 1 fully saturated rings. The quantitative estimate of drug-likeness (QED) is 0.375. The number of rotatable bonds is 9. The number of hydrogen-bond donors (Lipinski definition) is 0. The zero-order chi connectivity index (χ0) is 24.9. The predicted molar refractivity (Wildman–Crippen MR) is 143 cm³/mol. The van der Waals surface area contributed by atoms with Gasteiger partial charge in [-0.1, -0.05) is 50.6 Å². The Morgan fingerprint density at radius 3 is 2.31 bits per heavy atom. The zero-order valence-corrected chi connectivity index (χ0v) is 22.1. The molecule has 0 unspecified atom stereocenters. The van der Waals surface area contributed by atoms with Crippen LogP contribution in [0.1, 0.15) is 37.6 Å². The molecule has 1 aliphatic heterocycles. The molecule has 1 aliphatic rings. The Balaban J connectivity index is 1.71. The lowest BCUT2D eigenvalue weighted by molar-refractivity contribution is 0.227. The molecule has 0 spiro atoms. The van der Waals surface area contributed by atoms with Gasteiger partial charge in [0.1, 0.15) is 11.6 Å². The molecule has 0 atom stereocenters. The van der Waals surface area contributed by atoms with Crippen molar-refractivity contribution in [3.05, 3.63) is 76.2 Å². The van der Waals surface area contributed by atoms with Crippen LogP contribution in [0.25, 0.3) is 5.69 Å². The van der Waals surface area contributed by atoms with Crippen LogP contribution in [0.4, 0.5) is 10.2 Å². The van der Waals surface area contributed by atoms with Gasteiger partial charge in [-0.25, -0.2) is 9.07 Å². The Labute approximate surface area is 214 Å². The summed E-state index contributed by atoms with van der Waals surface area (Å²) >= 11 is 6.53. The van der Waals surface area contributed by atoms with Crippen LogP contribution in [0.3, 0.4) is 0 Å². The number of likely N-dealkylation sites (N-methyl/N-ethyl adjacent to an activating group) is 1. The maximum Gasteiger partial charge on any atom is 0.137 e. The van der Waals surface area contributed by atoms with Crippen molar-refractivity contribution >= 4 is 17.4 Å². The highest BCUT2D eigenvalue weighted by molar-refractivity contribution is 6.31. The van der Waals surface area contributed by atoms with Crippen molar-refractivity contribution in [3.8, 4) is 5.69 Å². The van der Waals surface area contributed by atoms with Crippen LogP contribution >= 0.6 is 11.6 Å². The minimum absolute atomic E-state index is 0.237. The minimum Gasteiger partial charge on any atom is -0.354 e. The fourth-order valence-corrected chi connectivity index (χ4v) is 5.08. The second kappa shape index (κ2) is 11.5. The number of aromatic nitrogens is 2. The normalized spacial score (nSPS) is 14.9. The molecule has 0 amide bonds. The first-order valence-electron chi connectivity index (χ1n) is 12.6. The molecule has 4 rings (SSSR count). The lowest BCUT2D eigenvalue weighted by Crippen LogP contribution is -2.47. The molecule has 0 aliphatic carbocycles. The Morgan fingerprint density at radius 1 is 1.00 bits per heavy atom. The zero-order valence-electron chi connectivity index (χ0n) is 21.3. The molecule has 188 valence electrons. The van der Waals surface area contributed by atoms with Crippen molar-refractivity contribution in [2.45, 2.75) is 40.8 Å². The van der Waals surface area contributed by atoms with E-state index in [1.54, 1.807) is 0 Å². The molecule has 2 aromatic carbocycles. The minimum atomic E-state index is -0.237. The van der Waals surface area contributed by atoms with Gasteiger partial charge in [0.05, 0.1) is 11.4 Å². The third kappa shape index (κ3) is 6.24. The smallest absolute Gasteiger partial charge is 0.137 e. The van der Waals surface area contributed by atoms with Gasteiger partial charge >= 0.3 is 0 Å². The van der Waals surface area contributed by atoms with E-state index in [0.717, 1.165) is 80.1 Å². The van der Waals surface area contributed by atoms with Gasteiger partial charge < -0.3 is 9.80 Å². The van der Waals surface area contributed by atoms with E-state index in [2.05, 4.69) is 48.5 Å². The molecule has 1 aromatic heterocycles. The predicted octanol–water partition coefficient (Wildman–Crippen LogP) is 5.77. The number of nitrogens with zero attached hydrogens (tertiary/aromatic N) is 5. The molecular weight excluding hydrogens is 461 g/mol. The average Bonchev–Trinajstić information content (AvgIpc) is 3.16. The van der Waals surface area contributed by atoms with Gasteiger partial charge in [-0.3, -0.25) is 4.90 Å². The molecule has 0 bridgehead atoms. The van der Waals surface area contributed by atoms with Crippen molar-refractivity contribution in [2.24, 2.45) is 5.92 Å². The van der Waals surface area contributed by atoms with E-state index in [1.807, 2.05) is 35.0 Å². The van der Waals surface area contributed by atoms with E-state index in [0.29, 0.717) is 5.92 Å².